The van der Waals surface area contributed by atoms with Gasteiger partial charge in [-0.1, -0.05) is 60.3 Å². The average molecular weight is 338 g/mol. The van der Waals surface area contributed by atoms with Gasteiger partial charge in [-0.2, -0.15) is 5.10 Å². The first-order chi connectivity index (χ1) is 11.8. The molecule has 2 rings (SSSR count). The van der Waals surface area contributed by atoms with Crippen molar-refractivity contribution in [2.75, 3.05) is 19.6 Å². The molecule has 0 aromatic carbocycles. The molecular formula is C21H43N3. The third-order valence-corrected chi connectivity index (χ3v) is 4.49. The smallest absolute Gasteiger partial charge is 0.0518 e. The summed E-state index contributed by atoms with van der Waals surface area (Å²) in [5.41, 5.74) is 1.27. The Morgan fingerprint density at radius 1 is 1.00 bits per heavy atom. The number of aromatic nitrogens is 2. The van der Waals surface area contributed by atoms with Crippen molar-refractivity contribution in [1.29, 1.82) is 0 Å². The number of hydrogen-bond donors (Lipinski definition) is 0. The second-order valence-corrected chi connectivity index (χ2v) is 6.44. The first kappa shape index (κ1) is 23.2. The van der Waals surface area contributed by atoms with Crippen molar-refractivity contribution in [1.82, 2.24) is 14.7 Å². The molecule has 0 atom stereocenters. The van der Waals surface area contributed by atoms with E-state index in [-0.39, 0.29) is 0 Å². The molecule has 1 aromatic heterocycles. The molecule has 0 radical (unpaired) electrons. The van der Waals surface area contributed by atoms with Crippen LogP contribution in [-0.4, -0.2) is 34.3 Å². The molecule has 24 heavy (non-hydrogen) atoms. The highest BCUT2D eigenvalue weighted by molar-refractivity contribution is 4.99. The van der Waals surface area contributed by atoms with E-state index in [0.717, 1.165) is 12.5 Å². The summed E-state index contributed by atoms with van der Waals surface area (Å²) >= 11 is 0. The summed E-state index contributed by atoms with van der Waals surface area (Å²) < 4.78 is 2.13. The number of nitrogens with zero attached hydrogens (tertiary/aromatic N) is 3. The van der Waals surface area contributed by atoms with Gasteiger partial charge in [-0.05, 0) is 57.3 Å². The van der Waals surface area contributed by atoms with Gasteiger partial charge in [0.05, 0.1) is 6.20 Å². The number of piperidine rings is 1. The molecule has 1 aromatic rings. The van der Waals surface area contributed by atoms with Crippen LogP contribution in [0.1, 0.15) is 85.1 Å². The predicted molar refractivity (Wildman–Crippen MR) is 108 cm³/mol. The highest BCUT2D eigenvalue weighted by atomic mass is 15.3. The van der Waals surface area contributed by atoms with E-state index in [1.165, 1.54) is 70.1 Å². The Kier molecular flexibility index (Phi) is 15.1. The highest BCUT2D eigenvalue weighted by Gasteiger charge is 2.19. The Morgan fingerprint density at radius 3 is 2.17 bits per heavy atom. The zero-order valence-corrected chi connectivity index (χ0v) is 17.4. The molecule has 0 bridgehead atoms. The van der Waals surface area contributed by atoms with Crippen molar-refractivity contribution in [3.8, 4) is 0 Å². The number of hydrogen-bond acceptors (Lipinski definition) is 2. The quantitative estimate of drug-likeness (QED) is 0.548. The highest BCUT2D eigenvalue weighted by Crippen LogP contribution is 2.19. The summed E-state index contributed by atoms with van der Waals surface area (Å²) in [6.45, 7) is 17.4. The molecule has 3 nitrogen and oxygen atoms in total. The molecule has 0 aliphatic carbocycles. The Bertz CT molecular complexity index is 365. The number of rotatable bonds is 8. The van der Waals surface area contributed by atoms with Gasteiger partial charge in [0.1, 0.15) is 0 Å². The fourth-order valence-electron chi connectivity index (χ4n) is 3.16. The zero-order chi connectivity index (χ0) is 18.2. The minimum absolute atomic E-state index is 0.825. The van der Waals surface area contributed by atoms with Gasteiger partial charge in [0.2, 0.25) is 0 Å². The Labute approximate surface area is 151 Å². The molecule has 2 heterocycles. The van der Waals surface area contributed by atoms with Crippen LogP contribution in [0.5, 0.6) is 0 Å². The molecule has 1 aliphatic rings. The van der Waals surface area contributed by atoms with Gasteiger partial charge in [0, 0.05) is 12.7 Å². The second kappa shape index (κ2) is 15.7. The first-order valence-corrected chi connectivity index (χ1v) is 10.5. The molecule has 0 N–H and O–H groups in total. The molecular weight excluding hydrogens is 294 g/mol. The zero-order valence-electron chi connectivity index (χ0n) is 17.4. The lowest BCUT2D eigenvalue weighted by molar-refractivity contribution is 0.168. The van der Waals surface area contributed by atoms with E-state index >= 15 is 0 Å². The molecule has 1 aliphatic heterocycles. The largest absolute Gasteiger partial charge is 0.303 e. The number of aryl methyl sites for hydroxylation is 1. The predicted octanol–water partition coefficient (Wildman–Crippen LogP) is 5.93. The normalized spacial score (nSPS) is 15.2. The van der Waals surface area contributed by atoms with Crippen LogP contribution in [0.2, 0.25) is 0 Å². The molecule has 0 amide bonds. The Balaban J connectivity index is 0.00000123. The minimum atomic E-state index is 0.825. The van der Waals surface area contributed by atoms with E-state index in [1.807, 2.05) is 33.9 Å². The number of unbranched alkanes of at least 4 members (excludes halogenated alkanes) is 4. The number of likely N-dealkylation sites (tertiary alicyclic amines) is 1. The van der Waals surface area contributed by atoms with Crippen molar-refractivity contribution >= 4 is 0 Å². The van der Waals surface area contributed by atoms with Crippen molar-refractivity contribution in [2.24, 2.45) is 5.92 Å². The summed E-state index contributed by atoms with van der Waals surface area (Å²) in [6.07, 6.45) is 13.8. The summed E-state index contributed by atoms with van der Waals surface area (Å²) in [5.74, 6) is 0.825. The van der Waals surface area contributed by atoms with Crippen molar-refractivity contribution < 1.29 is 0 Å². The monoisotopic (exact) mass is 337 g/mol. The van der Waals surface area contributed by atoms with E-state index in [2.05, 4.69) is 34.7 Å². The third kappa shape index (κ3) is 10.1. The second-order valence-electron chi connectivity index (χ2n) is 6.44. The van der Waals surface area contributed by atoms with E-state index < -0.39 is 0 Å². The first-order valence-electron chi connectivity index (χ1n) is 10.5. The standard InChI is InChI=1S/C17H31N3.2C2H6/c1-3-4-5-6-7-10-19-11-8-17(9-12-19)15-20-14-16(2)13-18-20;2*1-2/h13-14,17H,3-12,15H2,1-2H3;2*1-2H3. The lowest BCUT2D eigenvalue weighted by Gasteiger charge is -2.31. The van der Waals surface area contributed by atoms with Crippen molar-refractivity contribution in [3.63, 3.8) is 0 Å². The molecule has 0 spiro atoms. The van der Waals surface area contributed by atoms with E-state index in [0.29, 0.717) is 0 Å². The van der Waals surface area contributed by atoms with Gasteiger partial charge in [-0.3, -0.25) is 4.68 Å². The summed E-state index contributed by atoms with van der Waals surface area (Å²) in [4.78, 5) is 2.66. The Morgan fingerprint density at radius 2 is 1.62 bits per heavy atom. The lowest BCUT2D eigenvalue weighted by atomic mass is 9.96. The molecule has 142 valence electrons. The summed E-state index contributed by atoms with van der Waals surface area (Å²) in [5, 5.41) is 4.41. The SMILES string of the molecule is CC.CC.CCCCCCCN1CCC(Cn2cc(C)cn2)CC1. The van der Waals surface area contributed by atoms with Gasteiger partial charge in [-0.25, -0.2) is 0 Å². The summed E-state index contributed by atoms with van der Waals surface area (Å²) in [7, 11) is 0. The van der Waals surface area contributed by atoms with Crippen LogP contribution in [0.3, 0.4) is 0 Å². The van der Waals surface area contributed by atoms with E-state index in [4.69, 9.17) is 0 Å². The van der Waals surface area contributed by atoms with Gasteiger partial charge in [-0.15, -0.1) is 0 Å². The maximum atomic E-state index is 4.41. The van der Waals surface area contributed by atoms with E-state index in [1.54, 1.807) is 0 Å². The van der Waals surface area contributed by atoms with Crippen LogP contribution >= 0.6 is 0 Å². The van der Waals surface area contributed by atoms with E-state index in [9.17, 15) is 0 Å². The molecule has 1 saturated heterocycles. The molecule has 0 saturated carbocycles. The summed E-state index contributed by atoms with van der Waals surface area (Å²) in [6, 6.07) is 0. The van der Waals surface area contributed by atoms with Crippen LogP contribution in [-0.2, 0) is 6.54 Å². The fraction of sp³-hybridized carbons (Fsp3) is 0.857. The maximum absolute atomic E-state index is 4.41. The van der Waals surface area contributed by atoms with Crippen LogP contribution in [0.4, 0.5) is 0 Å². The van der Waals surface area contributed by atoms with Crippen molar-refractivity contribution in [2.45, 2.75) is 93.0 Å². The van der Waals surface area contributed by atoms with Crippen LogP contribution < -0.4 is 0 Å². The molecule has 3 heteroatoms. The van der Waals surface area contributed by atoms with Crippen molar-refractivity contribution in [3.05, 3.63) is 18.0 Å². The van der Waals surface area contributed by atoms with Gasteiger partial charge in [0.15, 0.2) is 0 Å². The third-order valence-electron chi connectivity index (χ3n) is 4.49. The van der Waals surface area contributed by atoms with Gasteiger partial charge in [0.25, 0.3) is 0 Å². The Hall–Kier alpha value is -0.830. The van der Waals surface area contributed by atoms with Crippen LogP contribution in [0.25, 0.3) is 0 Å². The lowest BCUT2D eigenvalue weighted by Crippen LogP contribution is -2.35. The van der Waals surface area contributed by atoms with Gasteiger partial charge < -0.3 is 4.90 Å². The maximum Gasteiger partial charge on any atom is 0.0518 e. The average Bonchev–Trinajstić information content (AvgIpc) is 3.04. The fourth-order valence-corrected chi connectivity index (χ4v) is 3.16. The minimum Gasteiger partial charge on any atom is -0.303 e. The van der Waals surface area contributed by atoms with Crippen LogP contribution in [0, 0.1) is 12.8 Å². The molecule has 0 unspecified atom stereocenters. The topological polar surface area (TPSA) is 21.1 Å². The van der Waals surface area contributed by atoms with Crippen LogP contribution in [0.15, 0.2) is 12.4 Å². The molecule has 1 fully saturated rings. The van der Waals surface area contributed by atoms with Gasteiger partial charge >= 0.3 is 0 Å².